The summed E-state index contributed by atoms with van der Waals surface area (Å²) >= 11 is 0. The number of nitrogens with one attached hydrogen (secondary N) is 2. The van der Waals surface area contributed by atoms with Crippen LogP contribution < -0.4 is 10.6 Å². The van der Waals surface area contributed by atoms with Gasteiger partial charge >= 0.3 is 0 Å². The van der Waals surface area contributed by atoms with E-state index in [2.05, 4.69) is 22.5 Å². The minimum absolute atomic E-state index is 0. The predicted molar refractivity (Wildman–Crippen MR) is 102 cm³/mol. The number of halogens is 1. The Balaban J connectivity index is 0.00000242. The van der Waals surface area contributed by atoms with Crippen molar-refractivity contribution in [1.29, 1.82) is 0 Å². The zero-order valence-electron chi connectivity index (χ0n) is 14.3. The third kappa shape index (κ3) is 5.28. The minimum atomic E-state index is 0. The fraction of sp³-hybridized carbons (Fsp3) is 0.875. The Kier molecular flexibility index (Phi) is 7.93. The summed E-state index contributed by atoms with van der Waals surface area (Å²) in [5, 5.41) is 6.97. The molecule has 0 aromatic rings. The summed E-state index contributed by atoms with van der Waals surface area (Å²) in [7, 11) is 1.82. The van der Waals surface area contributed by atoms with E-state index < -0.39 is 0 Å². The third-order valence-corrected chi connectivity index (χ3v) is 4.46. The molecule has 22 heavy (non-hydrogen) atoms. The van der Waals surface area contributed by atoms with Gasteiger partial charge in [0.1, 0.15) is 0 Å². The molecule has 2 N–H and O–H groups in total. The molecular weight excluding hydrogens is 391 g/mol. The molecule has 1 saturated heterocycles. The SMILES string of the molecule is CCCC1CC1NC(=NC)NC1CCN(C(=O)C(C)C)C1.I. The third-order valence-electron chi connectivity index (χ3n) is 4.46. The van der Waals surface area contributed by atoms with Crippen molar-refractivity contribution in [2.24, 2.45) is 16.8 Å². The van der Waals surface area contributed by atoms with Gasteiger partial charge in [-0.2, -0.15) is 0 Å². The summed E-state index contributed by atoms with van der Waals surface area (Å²) in [6.07, 6.45) is 4.82. The molecule has 0 aromatic heterocycles. The van der Waals surface area contributed by atoms with Crippen LogP contribution in [-0.4, -0.2) is 49.0 Å². The summed E-state index contributed by atoms with van der Waals surface area (Å²) < 4.78 is 0. The van der Waals surface area contributed by atoms with Gasteiger partial charge in [0.25, 0.3) is 0 Å². The van der Waals surface area contributed by atoms with Gasteiger partial charge in [0, 0.05) is 38.1 Å². The molecule has 0 bridgehead atoms. The van der Waals surface area contributed by atoms with E-state index in [4.69, 9.17) is 0 Å². The monoisotopic (exact) mass is 422 g/mol. The normalized spacial score (nSPS) is 27.6. The Morgan fingerprint density at radius 3 is 2.68 bits per heavy atom. The number of nitrogens with zero attached hydrogens (tertiary/aromatic N) is 2. The molecule has 0 radical (unpaired) electrons. The van der Waals surface area contributed by atoms with E-state index in [0.29, 0.717) is 12.1 Å². The van der Waals surface area contributed by atoms with E-state index in [1.807, 2.05) is 25.8 Å². The number of guanidine groups is 1. The van der Waals surface area contributed by atoms with Gasteiger partial charge < -0.3 is 15.5 Å². The van der Waals surface area contributed by atoms with Crippen LogP contribution in [0.1, 0.15) is 46.5 Å². The van der Waals surface area contributed by atoms with Crippen molar-refractivity contribution in [1.82, 2.24) is 15.5 Å². The lowest BCUT2D eigenvalue weighted by Crippen LogP contribution is -2.46. The number of carbonyl (C=O) groups is 1. The van der Waals surface area contributed by atoms with Gasteiger partial charge in [-0.3, -0.25) is 9.79 Å². The van der Waals surface area contributed by atoms with Crippen LogP contribution in [0.2, 0.25) is 0 Å². The number of hydrogen-bond donors (Lipinski definition) is 2. The average Bonchev–Trinajstić information content (AvgIpc) is 3.00. The zero-order valence-corrected chi connectivity index (χ0v) is 16.6. The predicted octanol–water partition coefficient (Wildman–Crippen LogP) is 2.21. The molecule has 2 aliphatic rings. The lowest BCUT2D eigenvalue weighted by Gasteiger charge is -2.20. The highest BCUT2D eigenvalue weighted by atomic mass is 127. The van der Waals surface area contributed by atoms with Crippen LogP contribution >= 0.6 is 24.0 Å². The van der Waals surface area contributed by atoms with Crippen LogP contribution in [0.4, 0.5) is 0 Å². The van der Waals surface area contributed by atoms with Crippen molar-refractivity contribution in [3.8, 4) is 0 Å². The highest BCUT2D eigenvalue weighted by Crippen LogP contribution is 2.34. The van der Waals surface area contributed by atoms with Crippen molar-refractivity contribution in [2.45, 2.75) is 58.5 Å². The first-order valence-electron chi connectivity index (χ1n) is 8.33. The molecule has 0 spiro atoms. The van der Waals surface area contributed by atoms with Crippen LogP contribution in [0, 0.1) is 11.8 Å². The van der Waals surface area contributed by atoms with Crippen LogP contribution in [0.15, 0.2) is 4.99 Å². The summed E-state index contributed by atoms with van der Waals surface area (Å²) in [5.74, 6) is 2.05. The number of hydrogen-bond acceptors (Lipinski definition) is 2. The molecule has 1 amide bonds. The van der Waals surface area contributed by atoms with E-state index in [9.17, 15) is 4.79 Å². The van der Waals surface area contributed by atoms with Gasteiger partial charge in [-0.15, -0.1) is 24.0 Å². The standard InChI is InChI=1S/C16H30N4O.HI/c1-5-6-12-9-14(12)19-16(17-4)18-13-7-8-20(10-13)15(21)11(2)3;/h11-14H,5-10H2,1-4H3,(H2,17,18,19);1H. The Morgan fingerprint density at radius 1 is 1.36 bits per heavy atom. The average molecular weight is 422 g/mol. The molecule has 128 valence electrons. The van der Waals surface area contributed by atoms with Crippen molar-refractivity contribution >= 4 is 35.8 Å². The van der Waals surface area contributed by atoms with E-state index in [-0.39, 0.29) is 35.8 Å². The van der Waals surface area contributed by atoms with Gasteiger partial charge in [-0.1, -0.05) is 27.2 Å². The van der Waals surface area contributed by atoms with Gasteiger partial charge in [-0.25, -0.2) is 0 Å². The number of carbonyl (C=O) groups excluding carboxylic acids is 1. The first kappa shape index (κ1) is 19.5. The second-order valence-corrected chi connectivity index (χ2v) is 6.68. The van der Waals surface area contributed by atoms with Gasteiger partial charge in [0.05, 0.1) is 0 Å². The van der Waals surface area contributed by atoms with Crippen molar-refractivity contribution in [2.75, 3.05) is 20.1 Å². The maximum atomic E-state index is 12.0. The van der Waals surface area contributed by atoms with E-state index >= 15 is 0 Å². The molecule has 6 heteroatoms. The van der Waals surface area contributed by atoms with E-state index in [1.54, 1.807) is 0 Å². The van der Waals surface area contributed by atoms with Crippen LogP contribution in [-0.2, 0) is 4.79 Å². The lowest BCUT2D eigenvalue weighted by molar-refractivity contribution is -0.133. The number of aliphatic imine (C=N–C) groups is 1. The van der Waals surface area contributed by atoms with Crippen molar-refractivity contribution < 1.29 is 4.79 Å². The molecule has 1 aliphatic heterocycles. The van der Waals surface area contributed by atoms with Crippen LogP contribution in [0.3, 0.4) is 0 Å². The van der Waals surface area contributed by atoms with Crippen LogP contribution in [0.25, 0.3) is 0 Å². The Hall–Kier alpha value is -0.530. The molecule has 1 saturated carbocycles. The Labute approximate surface area is 151 Å². The van der Waals surface area contributed by atoms with Crippen LogP contribution in [0.5, 0.6) is 0 Å². The molecule has 2 rings (SSSR count). The quantitative estimate of drug-likeness (QED) is 0.406. The summed E-state index contributed by atoms with van der Waals surface area (Å²) in [4.78, 5) is 18.3. The van der Waals surface area contributed by atoms with E-state index in [0.717, 1.165) is 31.4 Å². The minimum Gasteiger partial charge on any atom is -0.353 e. The van der Waals surface area contributed by atoms with Gasteiger partial charge in [-0.05, 0) is 25.2 Å². The first-order valence-corrected chi connectivity index (χ1v) is 8.33. The molecule has 3 unspecified atom stereocenters. The molecule has 1 aliphatic carbocycles. The topological polar surface area (TPSA) is 56.7 Å². The fourth-order valence-electron chi connectivity index (χ4n) is 3.10. The highest BCUT2D eigenvalue weighted by molar-refractivity contribution is 14.0. The zero-order chi connectivity index (χ0) is 15.4. The molecule has 5 nitrogen and oxygen atoms in total. The van der Waals surface area contributed by atoms with Gasteiger partial charge in [0.15, 0.2) is 5.96 Å². The highest BCUT2D eigenvalue weighted by Gasteiger charge is 2.37. The Bertz CT molecular complexity index is 400. The van der Waals surface area contributed by atoms with Crippen molar-refractivity contribution in [3.63, 3.8) is 0 Å². The summed E-state index contributed by atoms with van der Waals surface area (Å²) in [6, 6.07) is 0.910. The molecule has 0 aromatic carbocycles. The maximum absolute atomic E-state index is 12.0. The second-order valence-electron chi connectivity index (χ2n) is 6.68. The second kappa shape index (κ2) is 8.93. The summed E-state index contributed by atoms with van der Waals surface area (Å²) in [6.45, 7) is 7.81. The number of rotatable bonds is 5. The summed E-state index contributed by atoms with van der Waals surface area (Å²) in [5.41, 5.74) is 0. The smallest absolute Gasteiger partial charge is 0.225 e. The largest absolute Gasteiger partial charge is 0.353 e. The Morgan fingerprint density at radius 2 is 2.09 bits per heavy atom. The molecule has 2 fully saturated rings. The first-order chi connectivity index (χ1) is 10.0. The molecule has 3 atom stereocenters. The van der Waals surface area contributed by atoms with Crippen molar-refractivity contribution in [3.05, 3.63) is 0 Å². The number of likely N-dealkylation sites (tertiary alicyclic amines) is 1. The number of amides is 1. The molecule has 1 heterocycles. The fourth-order valence-corrected chi connectivity index (χ4v) is 3.10. The maximum Gasteiger partial charge on any atom is 0.225 e. The molecular formula is C16H31IN4O. The van der Waals surface area contributed by atoms with E-state index in [1.165, 1.54) is 19.3 Å². The van der Waals surface area contributed by atoms with Gasteiger partial charge in [0.2, 0.25) is 5.91 Å². The lowest BCUT2D eigenvalue weighted by atomic mass is 10.2.